The highest BCUT2D eigenvalue weighted by Crippen LogP contribution is 2.35. The molecule has 0 bridgehead atoms. The van der Waals surface area contributed by atoms with Gasteiger partial charge in [0.05, 0.1) is 18.1 Å². The lowest BCUT2D eigenvalue weighted by atomic mass is 10.0. The maximum atomic E-state index is 13.9. The maximum Gasteiger partial charge on any atom is 0.256 e. The second kappa shape index (κ2) is 5.97. The van der Waals surface area contributed by atoms with Crippen molar-refractivity contribution in [2.24, 2.45) is 18.9 Å². The number of rotatable bonds is 2. The molecule has 3 aromatic rings. The van der Waals surface area contributed by atoms with Gasteiger partial charge in [0.1, 0.15) is 6.33 Å². The Kier molecular flexibility index (Phi) is 3.56. The van der Waals surface area contributed by atoms with Crippen molar-refractivity contribution in [3.63, 3.8) is 0 Å². The summed E-state index contributed by atoms with van der Waals surface area (Å²) < 4.78 is 15.8. The van der Waals surface area contributed by atoms with Crippen LogP contribution in [0.3, 0.4) is 0 Å². The minimum Gasteiger partial charge on any atom is -0.354 e. The van der Waals surface area contributed by atoms with Crippen LogP contribution in [0.4, 0.5) is 10.2 Å². The Morgan fingerprint density at radius 1 is 1.15 bits per heavy atom. The highest BCUT2D eigenvalue weighted by molar-refractivity contribution is 5.94. The van der Waals surface area contributed by atoms with Gasteiger partial charge in [-0.05, 0) is 6.07 Å². The van der Waals surface area contributed by atoms with Gasteiger partial charge in [0.2, 0.25) is 0 Å². The molecule has 0 spiro atoms. The molecule has 0 aliphatic carbocycles. The van der Waals surface area contributed by atoms with Gasteiger partial charge in [-0.2, -0.15) is 0 Å². The molecule has 138 valence electrons. The number of aryl methyl sites for hydroxylation is 1. The van der Waals surface area contributed by atoms with E-state index in [1.807, 2.05) is 11.6 Å². The van der Waals surface area contributed by atoms with Crippen LogP contribution in [0.1, 0.15) is 10.4 Å². The SMILES string of the molecule is Cn1cnc2c(N3CC4CN(C(=O)c5ccncc5F)CC4C3)ncnc21. The number of hydrogen-bond donors (Lipinski definition) is 0. The number of anilines is 1. The molecule has 0 N–H and O–H groups in total. The van der Waals surface area contributed by atoms with Gasteiger partial charge in [-0.25, -0.2) is 19.3 Å². The maximum absolute atomic E-state index is 13.9. The minimum atomic E-state index is -0.570. The number of aromatic nitrogens is 5. The van der Waals surface area contributed by atoms with Crippen LogP contribution in [0.25, 0.3) is 11.2 Å². The Bertz CT molecular complexity index is 1020. The van der Waals surface area contributed by atoms with Crippen molar-refractivity contribution in [3.05, 3.63) is 42.5 Å². The first-order valence-corrected chi connectivity index (χ1v) is 8.87. The summed E-state index contributed by atoms with van der Waals surface area (Å²) in [4.78, 5) is 33.5. The van der Waals surface area contributed by atoms with E-state index in [9.17, 15) is 9.18 Å². The normalized spacial score (nSPS) is 21.9. The van der Waals surface area contributed by atoms with E-state index in [0.717, 1.165) is 36.3 Å². The highest BCUT2D eigenvalue weighted by Gasteiger charge is 2.43. The molecule has 2 aliphatic heterocycles. The molecule has 27 heavy (non-hydrogen) atoms. The minimum absolute atomic E-state index is 0.0906. The molecule has 1 amide bonds. The molecule has 5 rings (SSSR count). The number of hydrogen-bond acceptors (Lipinski definition) is 6. The van der Waals surface area contributed by atoms with E-state index in [0.29, 0.717) is 24.9 Å². The van der Waals surface area contributed by atoms with E-state index < -0.39 is 5.82 Å². The Balaban J connectivity index is 1.34. The number of nitrogens with zero attached hydrogens (tertiary/aromatic N) is 7. The number of carbonyl (C=O) groups is 1. The number of halogens is 1. The molecule has 2 saturated heterocycles. The summed E-state index contributed by atoms with van der Waals surface area (Å²) >= 11 is 0. The van der Waals surface area contributed by atoms with Crippen molar-refractivity contribution in [1.82, 2.24) is 29.4 Å². The third-order valence-electron chi connectivity index (χ3n) is 5.55. The average Bonchev–Trinajstić information content (AvgIpc) is 3.35. The van der Waals surface area contributed by atoms with Crippen LogP contribution < -0.4 is 4.90 Å². The van der Waals surface area contributed by atoms with E-state index in [-0.39, 0.29) is 11.5 Å². The van der Waals surface area contributed by atoms with Gasteiger partial charge in [0.15, 0.2) is 22.8 Å². The zero-order valence-corrected chi connectivity index (χ0v) is 14.8. The summed E-state index contributed by atoms with van der Waals surface area (Å²) in [6, 6.07) is 1.44. The van der Waals surface area contributed by atoms with Crippen molar-refractivity contribution in [1.29, 1.82) is 0 Å². The number of amides is 1. The van der Waals surface area contributed by atoms with Crippen LogP contribution in [0, 0.1) is 17.7 Å². The number of pyridine rings is 1. The summed E-state index contributed by atoms with van der Waals surface area (Å²) in [5.41, 5.74) is 1.70. The van der Waals surface area contributed by atoms with Gasteiger partial charge in [-0.15, -0.1) is 0 Å². The standard InChI is InChI=1S/C18H18FN7O/c1-24-10-23-15-16(24)21-9-22-17(15)25-5-11-7-26(8-12(11)6-25)18(27)13-2-3-20-4-14(13)19/h2-4,9-12H,5-8H2,1H3. The molecule has 2 fully saturated rings. The molecule has 9 heteroatoms. The smallest absolute Gasteiger partial charge is 0.256 e. The molecule has 2 aliphatic rings. The fourth-order valence-corrected chi connectivity index (χ4v) is 4.22. The third-order valence-corrected chi connectivity index (χ3v) is 5.55. The molecule has 0 radical (unpaired) electrons. The average molecular weight is 367 g/mol. The Morgan fingerprint density at radius 2 is 1.93 bits per heavy atom. The van der Waals surface area contributed by atoms with Gasteiger partial charge in [-0.1, -0.05) is 0 Å². The summed E-state index contributed by atoms with van der Waals surface area (Å²) in [7, 11) is 1.91. The van der Waals surface area contributed by atoms with Gasteiger partial charge < -0.3 is 14.4 Å². The van der Waals surface area contributed by atoms with Gasteiger partial charge >= 0.3 is 0 Å². The third kappa shape index (κ3) is 2.53. The lowest BCUT2D eigenvalue weighted by Gasteiger charge is -2.22. The molecule has 8 nitrogen and oxygen atoms in total. The van der Waals surface area contributed by atoms with E-state index in [1.54, 1.807) is 17.6 Å². The number of carbonyl (C=O) groups excluding carboxylic acids is 1. The predicted octanol–water partition coefficient (Wildman–Crippen LogP) is 1.11. The van der Waals surface area contributed by atoms with Gasteiger partial charge in [0.25, 0.3) is 5.91 Å². The fourth-order valence-electron chi connectivity index (χ4n) is 4.22. The lowest BCUT2D eigenvalue weighted by Crippen LogP contribution is -2.34. The second-order valence-corrected chi connectivity index (χ2v) is 7.22. The molecule has 2 atom stereocenters. The molecule has 0 aromatic carbocycles. The molecular formula is C18H18FN7O. The Labute approximate surface area is 154 Å². The first kappa shape index (κ1) is 16.1. The van der Waals surface area contributed by atoms with Crippen molar-refractivity contribution in [2.45, 2.75) is 0 Å². The van der Waals surface area contributed by atoms with Gasteiger partial charge in [0, 0.05) is 51.3 Å². The van der Waals surface area contributed by atoms with E-state index in [2.05, 4.69) is 24.8 Å². The number of fused-ring (bicyclic) bond motifs is 2. The predicted molar refractivity (Wildman–Crippen MR) is 95.6 cm³/mol. The van der Waals surface area contributed by atoms with E-state index in [4.69, 9.17) is 0 Å². The summed E-state index contributed by atoms with van der Waals surface area (Å²) in [6.45, 7) is 2.85. The van der Waals surface area contributed by atoms with Crippen molar-refractivity contribution >= 4 is 22.9 Å². The van der Waals surface area contributed by atoms with Crippen LogP contribution in [0.2, 0.25) is 0 Å². The molecule has 0 saturated carbocycles. The fraction of sp³-hybridized carbons (Fsp3) is 0.389. The Hall–Kier alpha value is -3.10. The van der Waals surface area contributed by atoms with Gasteiger partial charge in [-0.3, -0.25) is 9.78 Å². The van der Waals surface area contributed by atoms with Crippen molar-refractivity contribution in [2.75, 3.05) is 31.1 Å². The van der Waals surface area contributed by atoms with Crippen LogP contribution in [0.15, 0.2) is 31.1 Å². The summed E-state index contributed by atoms with van der Waals surface area (Å²) in [5.74, 6) is 0.693. The van der Waals surface area contributed by atoms with E-state index >= 15 is 0 Å². The molecule has 3 aromatic heterocycles. The first-order valence-electron chi connectivity index (χ1n) is 8.87. The zero-order valence-electron chi connectivity index (χ0n) is 14.8. The summed E-state index contributed by atoms with van der Waals surface area (Å²) in [5, 5.41) is 0. The quantitative estimate of drug-likeness (QED) is 0.675. The molecule has 5 heterocycles. The lowest BCUT2D eigenvalue weighted by molar-refractivity contribution is 0.0777. The highest BCUT2D eigenvalue weighted by atomic mass is 19.1. The first-order chi connectivity index (χ1) is 13.1. The molecular weight excluding hydrogens is 349 g/mol. The largest absolute Gasteiger partial charge is 0.354 e. The Morgan fingerprint density at radius 3 is 2.67 bits per heavy atom. The molecule has 2 unspecified atom stereocenters. The van der Waals surface area contributed by atoms with Crippen LogP contribution >= 0.6 is 0 Å². The van der Waals surface area contributed by atoms with E-state index in [1.165, 1.54) is 12.3 Å². The van der Waals surface area contributed by atoms with Crippen molar-refractivity contribution in [3.8, 4) is 0 Å². The summed E-state index contributed by atoms with van der Waals surface area (Å²) in [6.07, 6.45) is 5.83. The topological polar surface area (TPSA) is 80.0 Å². The van der Waals surface area contributed by atoms with Crippen molar-refractivity contribution < 1.29 is 9.18 Å². The second-order valence-electron chi connectivity index (χ2n) is 7.22. The van der Waals surface area contributed by atoms with Crippen LogP contribution in [0.5, 0.6) is 0 Å². The number of imidazole rings is 1. The van der Waals surface area contributed by atoms with Crippen LogP contribution in [-0.4, -0.2) is 61.5 Å². The number of likely N-dealkylation sites (tertiary alicyclic amines) is 1. The van der Waals surface area contributed by atoms with Crippen LogP contribution in [-0.2, 0) is 7.05 Å². The zero-order chi connectivity index (χ0) is 18.5. The monoisotopic (exact) mass is 367 g/mol.